The van der Waals surface area contributed by atoms with Crippen molar-refractivity contribution >= 4 is 33.4 Å². The molecule has 3 N–H and O–H groups in total. The van der Waals surface area contributed by atoms with Crippen LogP contribution >= 0.6 is 11.8 Å². The maximum absolute atomic E-state index is 12.0. The number of nitrogens with zero attached hydrogens (tertiary/aromatic N) is 3. The standard InChI is InChI=1S/C17H15N5O3S2/c18-27(24,25)14-8-6-13(7-9-14)20-16(23)11-26-17-19-10-15(21-22-17)12-4-2-1-3-5-12/h1-10H,11H2,(H,20,23)(H2,18,24,25). The first-order valence-electron chi connectivity index (χ1n) is 7.72. The smallest absolute Gasteiger partial charge is 0.238 e. The Labute approximate surface area is 160 Å². The van der Waals surface area contributed by atoms with Gasteiger partial charge < -0.3 is 5.32 Å². The second kappa shape index (κ2) is 8.25. The van der Waals surface area contributed by atoms with Gasteiger partial charge in [-0.25, -0.2) is 18.5 Å². The maximum atomic E-state index is 12.0. The molecule has 0 unspecified atom stereocenters. The Bertz CT molecular complexity index is 1020. The number of nitrogens with one attached hydrogen (secondary N) is 1. The van der Waals surface area contributed by atoms with E-state index in [1.165, 1.54) is 24.3 Å². The van der Waals surface area contributed by atoms with Crippen LogP contribution in [0.3, 0.4) is 0 Å². The van der Waals surface area contributed by atoms with Gasteiger partial charge in [-0.1, -0.05) is 42.1 Å². The number of benzene rings is 2. The fraction of sp³-hybridized carbons (Fsp3) is 0.0588. The van der Waals surface area contributed by atoms with E-state index in [1.54, 1.807) is 6.20 Å². The zero-order valence-electron chi connectivity index (χ0n) is 13.9. The molecule has 0 aliphatic rings. The van der Waals surface area contributed by atoms with Gasteiger partial charge in [0.1, 0.15) is 5.69 Å². The van der Waals surface area contributed by atoms with Gasteiger partial charge in [0.15, 0.2) is 0 Å². The highest BCUT2D eigenvalue weighted by Gasteiger charge is 2.09. The highest BCUT2D eigenvalue weighted by atomic mass is 32.2. The number of primary sulfonamides is 1. The summed E-state index contributed by atoms with van der Waals surface area (Å²) in [6, 6.07) is 15.1. The molecule has 0 fully saturated rings. The van der Waals surface area contributed by atoms with Gasteiger partial charge in [-0.05, 0) is 24.3 Å². The Balaban J connectivity index is 1.54. The van der Waals surface area contributed by atoms with Gasteiger partial charge in [-0.3, -0.25) is 4.79 Å². The van der Waals surface area contributed by atoms with Crippen molar-refractivity contribution in [2.75, 3.05) is 11.1 Å². The van der Waals surface area contributed by atoms with Crippen molar-refractivity contribution in [1.29, 1.82) is 0 Å². The molecule has 3 aromatic rings. The highest BCUT2D eigenvalue weighted by Crippen LogP contribution is 2.18. The quantitative estimate of drug-likeness (QED) is 0.604. The molecule has 138 valence electrons. The van der Waals surface area contributed by atoms with E-state index in [4.69, 9.17) is 5.14 Å². The molecule has 2 aromatic carbocycles. The van der Waals surface area contributed by atoms with Gasteiger partial charge in [-0.2, -0.15) is 0 Å². The lowest BCUT2D eigenvalue weighted by Crippen LogP contribution is -2.15. The molecule has 0 saturated heterocycles. The summed E-state index contributed by atoms with van der Waals surface area (Å²) >= 11 is 1.15. The van der Waals surface area contributed by atoms with E-state index in [-0.39, 0.29) is 16.6 Å². The molecule has 0 spiro atoms. The van der Waals surface area contributed by atoms with Gasteiger partial charge in [0.2, 0.25) is 21.1 Å². The van der Waals surface area contributed by atoms with Crippen LogP contribution in [0.5, 0.6) is 0 Å². The fourth-order valence-corrected chi connectivity index (χ4v) is 3.20. The number of hydrogen-bond donors (Lipinski definition) is 2. The number of aromatic nitrogens is 3. The van der Waals surface area contributed by atoms with Crippen LogP contribution in [-0.4, -0.2) is 35.3 Å². The van der Waals surface area contributed by atoms with Crippen LogP contribution in [-0.2, 0) is 14.8 Å². The molecule has 1 aromatic heterocycles. The predicted octanol–water partition coefficient (Wildman–Crippen LogP) is 1.92. The van der Waals surface area contributed by atoms with Gasteiger partial charge in [0, 0.05) is 11.3 Å². The number of thioether (sulfide) groups is 1. The number of nitrogens with two attached hydrogens (primary N) is 1. The van der Waals surface area contributed by atoms with Crippen LogP contribution in [0.1, 0.15) is 0 Å². The Morgan fingerprint density at radius 1 is 1.04 bits per heavy atom. The zero-order valence-corrected chi connectivity index (χ0v) is 15.6. The van der Waals surface area contributed by atoms with Crippen LogP contribution < -0.4 is 10.5 Å². The fourth-order valence-electron chi connectivity index (χ4n) is 2.13. The van der Waals surface area contributed by atoms with Crippen LogP contribution in [0.2, 0.25) is 0 Å². The average molecular weight is 401 g/mol. The van der Waals surface area contributed by atoms with Crippen molar-refractivity contribution in [1.82, 2.24) is 15.2 Å². The first-order chi connectivity index (χ1) is 12.9. The molecule has 0 saturated carbocycles. The number of carbonyl (C=O) groups is 1. The summed E-state index contributed by atoms with van der Waals surface area (Å²) in [5, 5.41) is 16.2. The monoisotopic (exact) mass is 401 g/mol. The van der Waals surface area contributed by atoms with Crippen molar-refractivity contribution < 1.29 is 13.2 Å². The molecule has 8 nitrogen and oxygen atoms in total. The largest absolute Gasteiger partial charge is 0.325 e. The SMILES string of the molecule is NS(=O)(=O)c1ccc(NC(=O)CSc2ncc(-c3ccccc3)nn2)cc1. The third-order valence-corrected chi connectivity index (χ3v) is 5.19. The molecule has 0 radical (unpaired) electrons. The predicted molar refractivity (Wildman–Crippen MR) is 102 cm³/mol. The number of anilines is 1. The van der Waals surface area contributed by atoms with Crippen molar-refractivity contribution in [3.8, 4) is 11.3 Å². The van der Waals surface area contributed by atoms with E-state index < -0.39 is 10.0 Å². The van der Waals surface area contributed by atoms with Crippen LogP contribution in [0.25, 0.3) is 11.3 Å². The van der Waals surface area contributed by atoms with Crippen molar-refractivity contribution in [2.45, 2.75) is 10.1 Å². The van der Waals surface area contributed by atoms with E-state index in [9.17, 15) is 13.2 Å². The number of carbonyl (C=O) groups excluding carboxylic acids is 1. The summed E-state index contributed by atoms with van der Waals surface area (Å²) in [5.74, 6) is -0.192. The Hall–Kier alpha value is -2.82. The van der Waals surface area contributed by atoms with E-state index in [0.717, 1.165) is 17.3 Å². The van der Waals surface area contributed by atoms with Crippen LogP contribution in [0.4, 0.5) is 5.69 Å². The molecule has 1 amide bonds. The Kier molecular flexibility index (Phi) is 5.79. The normalized spacial score (nSPS) is 11.1. The van der Waals surface area contributed by atoms with Crippen molar-refractivity contribution in [3.05, 3.63) is 60.8 Å². The zero-order chi connectivity index (χ0) is 19.3. The third-order valence-electron chi connectivity index (χ3n) is 3.41. The average Bonchev–Trinajstić information content (AvgIpc) is 2.67. The lowest BCUT2D eigenvalue weighted by atomic mass is 10.2. The number of rotatable bonds is 6. The van der Waals surface area contributed by atoms with Gasteiger partial charge in [0.25, 0.3) is 0 Å². The molecule has 10 heteroatoms. The summed E-state index contributed by atoms with van der Waals surface area (Å²) in [7, 11) is -3.76. The lowest BCUT2D eigenvalue weighted by molar-refractivity contribution is -0.113. The van der Waals surface area contributed by atoms with E-state index in [0.29, 0.717) is 16.5 Å². The summed E-state index contributed by atoms with van der Waals surface area (Å²) in [6.07, 6.45) is 1.61. The number of sulfonamides is 1. The van der Waals surface area contributed by atoms with Crippen LogP contribution in [0.15, 0.2) is 70.8 Å². The summed E-state index contributed by atoms with van der Waals surface area (Å²) in [4.78, 5) is 16.2. The number of amides is 1. The summed E-state index contributed by atoms with van der Waals surface area (Å²) < 4.78 is 22.4. The van der Waals surface area contributed by atoms with Gasteiger partial charge in [-0.15, -0.1) is 10.2 Å². The minimum atomic E-state index is -3.76. The van der Waals surface area contributed by atoms with Crippen molar-refractivity contribution in [2.24, 2.45) is 5.14 Å². The molecule has 3 rings (SSSR count). The molecule has 0 bridgehead atoms. The van der Waals surface area contributed by atoms with Gasteiger partial charge >= 0.3 is 0 Å². The Morgan fingerprint density at radius 3 is 2.33 bits per heavy atom. The molecule has 0 aliphatic carbocycles. The van der Waals surface area contributed by atoms with Crippen LogP contribution in [0, 0.1) is 0 Å². The first-order valence-corrected chi connectivity index (χ1v) is 10.3. The molecular weight excluding hydrogens is 386 g/mol. The summed E-state index contributed by atoms with van der Waals surface area (Å²) in [6.45, 7) is 0. The molecule has 1 heterocycles. The molecular formula is C17H15N5O3S2. The first kappa shape index (κ1) is 19.0. The van der Waals surface area contributed by atoms with Gasteiger partial charge in [0.05, 0.1) is 16.8 Å². The number of hydrogen-bond acceptors (Lipinski definition) is 7. The van der Waals surface area contributed by atoms with Crippen molar-refractivity contribution in [3.63, 3.8) is 0 Å². The Morgan fingerprint density at radius 2 is 1.74 bits per heavy atom. The topological polar surface area (TPSA) is 128 Å². The molecule has 0 atom stereocenters. The van der Waals surface area contributed by atoms with E-state index >= 15 is 0 Å². The third kappa shape index (κ3) is 5.33. The lowest BCUT2D eigenvalue weighted by Gasteiger charge is -2.05. The second-order valence-corrected chi connectivity index (χ2v) is 7.90. The molecule has 27 heavy (non-hydrogen) atoms. The maximum Gasteiger partial charge on any atom is 0.238 e. The van der Waals surface area contributed by atoms with E-state index in [1.807, 2.05) is 30.3 Å². The highest BCUT2D eigenvalue weighted by molar-refractivity contribution is 7.99. The minimum absolute atomic E-state index is 0.0205. The minimum Gasteiger partial charge on any atom is -0.325 e. The molecule has 0 aliphatic heterocycles. The summed E-state index contributed by atoms with van der Waals surface area (Å²) in [5.41, 5.74) is 2.03. The second-order valence-electron chi connectivity index (χ2n) is 5.40. The van der Waals surface area contributed by atoms with E-state index in [2.05, 4.69) is 20.5 Å².